The summed E-state index contributed by atoms with van der Waals surface area (Å²) in [6, 6.07) is 17.4. The fourth-order valence-corrected chi connectivity index (χ4v) is 5.67. The van der Waals surface area contributed by atoms with Crippen molar-refractivity contribution in [2.75, 3.05) is 12.0 Å². The van der Waals surface area contributed by atoms with E-state index in [9.17, 15) is 14.9 Å². The van der Waals surface area contributed by atoms with Gasteiger partial charge in [0, 0.05) is 17.9 Å². The lowest BCUT2D eigenvalue weighted by molar-refractivity contribution is -0.118. The fraction of sp³-hybridized carbons (Fsp3) is 0.226. The van der Waals surface area contributed by atoms with Gasteiger partial charge in [0.15, 0.2) is 0 Å². The third kappa shape index (κ3) is 5.03. The second-order valence-electron chi connectivity index (χ2n) is 9.89. The summed E-state index contributed by atoms with van der Waals surface area (Å²) >= 11 is 13.0. The standard InChI is InChI=1S/C31H23Cl2N3O5/c1-39-31(38)19-7-10-26(20(13-19)15-34)36-25-11-9-21(14-18(25)8-12-27(36)37)40-16-22-29(35-41-30(22)17-5-6-17)28-23(32)3-2-4-24(28)33/h2-4,7,9-11,13-14,17H,5-6,8,12,16H2,1H3. The molecule has 1 aromatic heterocycles. The number of nitriles is 1. The van der Waals surface area contributed by atoms with Crippen molar-refractivity contribution in [2.45, 2.75) is 38.2 Å². The summed E-state index contributed by atoms with van der Waals surface area (Å²) in [5, 5.41) is 15.1. The van der Waals surface area contributed by atoms with Crippen LogP contribution in [-0.4, -0.2) is 24.1 Å². The van der Waals surface area contributed by atoms with Gasteiger partial charge in [-0.25, -0.2) is 4.79 Å². The molecular weight excluding hydrogens is 565 g/mol. The first kappa shape index (κ1) is 26.9. The Labute approximate surface area is 246 Å². The number of methoxy groups -OCH3 is 1. The lowest BCUT2D eigenvalue weighted by atomic mass is 9.98. The van der Waals surface area contributed by atoms with E-state index in [-0.39, 0.29) is 30.1 Å². The Balaban J connectivity index is 1.30. The van der Waals surface area contributed by atoms with Crippen LogP contribution < -0.4 is 9.64 Å². The highest BCUT2D eigenvalue weighted by molar-refractivity contribution is 6.39. The van der Waals surface area contributed by atoms with E-state index in [0.29, 0.717) is 50.8 Å². The molecule has 1 saturated carbocycles. The number of fused-ring (bicyclic) bond motifs is 1. The summed E-state index contributed by atoms with van der Waals surface area (Å²) < 4.78 is 16.8. The number of anilines is 2. The number of carbonyl (C=O) groups excluding carboxylic acids is 2. The lowest BCUT2D eigenvalue weighted by Gasteiger charge is -2.30. The van der Waals surface area contributed by atoms with Gasteiger partial charge in [0.2, 0.25) is 5.91 Å². The van der Waals surface area contributed by atoms with E-state index < -0.39 is 5.97 Å². The SMILES string of the molecule is COC(=O)c1ccc(N2C(=O)CCc3cc(OCc4c(-c5c(Cl)cccc5Cl)noc4C4CC4)ccc32)c(C#N)c1. The highest BCUT2D eigenvalue weighted by Gasteiger charge is 2.34. The van der Waals surface area contributed by atoms with Gasteiger partial charge in [-0.2, -0.15) is 5.26 Å². The molecule has 1 aliphatic heterocycles. The minimum Gasteiger partial charge on any atom is -0.489 e. The van der Waals surface area contributed by atoms with E-state index in [4.69, 9.17) is 37.2 Å². The molecule has 6 rings (SSSR count). The summed E-state index contributed by atoms with van der Waals surface area (Å²) in [4.78, 5) is 26.5. The summed E-state index contributed by atoms with van der Waals surface area (Å²) in [6.07, 6.45) is 2.82. The van der Waals surface area contributed by atoms with Crippen LogP contribution in [0.15, 0.2) is 59.1 Å². The minimum atomic E-state index is -0.558. The Morgan fingerprint density at radius 1 is 1.10 bits per heavy atom. The number of aryl methyl sites for hydroxylation is 1. The molecule has 0 atom stereocenters. The van der Waals surface area contributed by atoms with Crippen molar-refractivity contribution in [1.82, 2.24) is 5.16 Å². The maximum atomic E-state index is 13.1. The van der Waals surface area contributed by atoms with Crippen molar-refractivity contribution in [3.63, 3.8) is 0 Å². The molecule has 10 heteroatoms. The van der Waals surface area contributed by atoms with Crippen molar-refractivity contribution in [3.05, 3.63) is 92.7 Å². The van der Waals surface area contributed by atoms with Crippen LogP contribution in [0, 0.1) is 11.3 Å². The minimum absolute atomic E-state index is 0.145. The molecule has 3 aromatic carbocycles. The van der Waals surface area contributed by atoms with Crippen molar-refractivity contribution in [2.24, 2.45) is 0 Å². The Bertz CT molecular complexity index is 1720. The molecule has 1 fully saturated rings. The topological polar surface area (TPSA) is 106 Å². The molecule has 0 saturated heterocycles. The number of aromatic nitrogens is 1. The highest BCUT2D eigenvalue weighted by Crippen LogP contribution is 2.46. The molecule has 2 aliphatic rings. The van der Waals surface area contributed by atoms with E-state index in [0.717, 1.165) is 29.7 Å². The monoisotopic (exact) mass is 587 g/mol. The van der Waals surface area contributed by atoms with Crippen LogP contribution in [0.4, 0.5) is 11.4 Å². The number of esters is 1. The van der Waals surface area contributed by atoms with Gasteiger partial charge in [-0.15, -0.1) is 0 Å². The number of ether oxygens (including phenoxy) is 2. The van der Waals surface area contributed by atoms with Gasteiger partial charge in [-0.1, -0.05) is 34.4 Å². The van der Waals surface area contributed by atoms with E-state index in [1.165, 1.54) is 18.1 Å². The summed E-state index contributed by atoms with van der Waals surface area (Å²) in [7, 11) is 1.27. The molecule has 2 heterocycles. The van der Waals surface area contributed by atoms with Crippen molar-refractivity contribution < 1.29 is 23.6 Å². The zero-order valence-corrected chi connectivity index (χ0v) is 23.5. The zero-order chi connectivity index (χ0) is 28.7. The first-order chi connectivity index (χ1) is 19.9. The molecule has 1 amide bonds. The Morgan fingerprint density at radius 2 is 1.85 bits per heavy atom. The van der Waals surface area contributed by atoms with Gasteiger partial charge < -0.3 is 14.0 Å². The van der Waals surface area contributed by atoms with E-state index >= 15 is 0 Å². The number of nitrogens with zero attached hydrogens (tertiary/aromatic N) is 3. The Kier molecular flexibility index (Phi) is 7.16. The van der Waals surface area contributed by atoms with Gasteiger partial charge in [0.25, 0.3) is 0 Å². The van der Waals surface area contributed by atoms with Crippen molar-refractivity contribution in [1.29, 1.82) is 5.26 Å². The number of hydrogen-bond donors (Lipinski definition) is 0. The van der Waals surface area contributed by atoms with E-state index in [1.54, 1.807) is 42.5 Å². The van der Waals surface area contributed by atoms with E-state index in [1.807, 2.05) is 6.07 Å². The zero-order valence-electron chi connectivity index (χ0n) is 21.9. The average Bonchev–Trinajstić information content (AvgIpc) is 3.75. The summed E-state index contributed by atoms with van der Waals surface area (Å²) in [5.41, 5.74) is 4.36. The van der Waals surface area contributed by atoms with E-state index in [2.05, 4.69) is 11.2 Å². The third-order valence-corrected chi connectivity index (χ3v) is 7.91. The van der Waals surface area contributed by atoms with Crippen LogP contribution in [-0.2, 0) is 22.6 Å². The Hall–Kier alpha value is -4.32. The average molecular weight is 588 g/mol. The molecule has 8 nitrogen and oxygen atoms in total. The molecule has 0 unspecified atom stereocenters. The second kappa shape index (κ2) is 10.9. The van der Waals surface area contributed by atoms with Crippen LogP contribution in [0.25, 0.3) is 11.3 Å². The fourth-order valence-electron chi connectivity index (χ4n) is 5.09. The molecule has 41 heavy (non-hydrogen) atoms. The first-order valence-electron chi connectivity index (χ1n) is 13.0. The normalized spacial score (nSPS) is 14.4. The molecule has 0 radical (unpaired) electrons. The predicted octanol–water partition coefficient (Wildman–Crippen LogP) is 7.37. The number of benzene rings is 3. The molecule has 1 aliphatic carbocycles. The molecule has 4 aromatic rings. The molecule has 0 N–H and O–H groups in total. The van der Waals surface area contributed by atoms with Crippen LogP contribution in [0.3, 0.4) is 0 Å². The van der Waals surface area contributed by atoms with Crippen LogP contribution in [0.5, 0.6) is 5.75 Å². The van der Waals surface area contributed by atoms with Crippen molar-refractivity contribution in [3.8, 4) is 23.1 Å². The number of rotatable bonds is 7. The van der Waals surface area contributed by atoms with Crippen LogP contribution in [0.1, 0.15) is 58.0 Å². The second-order valence-corrected chi connectivity index (χ2v) is 10.7. The number of carbonyl (C=O) groups is 2. The van der Waals surface area contributed by atoms with Gasteiger partial charge in [-0.3, -0.25) is 9.69 Å². The third-order valence-electron chi connectivity index (χ3n) is 7.28. The quantitative estimate of drug-likeness (QED) is 0.208. The largest absolute Gasteiger partial charge is 0.489 e. The van der Waals surface area contributed by atoms with Gasteiger partial charge >= 0.3 is 5.97 Å². The van der Waals surface area contributed by atoms with Crippen molar-refractivity contribution >= 4 is 46.5 Å². The Morgan fingerprint density at radius 3 is 2.56 bits per heavy atom. The van der Waals surface area contributed by atoms with Crippen LogP contribution in [0.2, 0.25) is 10.0 Å². The van der Waals surface area contributed by atoms with Gasteiger partial charge in [0.05, 0.1) is 45.2 Å². The molecule has 0 bridgehead atoms. The van der Waals surface area contributed by atoms with Crippen LogP contribution >= 0.6 is 23.2 Å². The van der Waals surface area contributed by atoms with Gasteiger partial charge in [0.1, 0.15) is 29.9 Å². The predicted molar refractivity (Wildman–Crippen MR) is 153 cm³/mol. The molecule has 0 spiro atoms. The smallest absolute Gasteiger partial charge is 0.337 e. The number of hydrogen-bond acceptors (Lipinski definition) is 7. The summed E-state index contributed by atoms with van der Waals surface area (Å²) in [5.74, 6) is 0.981. The molecule has 206 valence electrons. The van der Waals surface area contributed by atoms with Gasteiger partial charge in [-0.05, 0) is 73.4 Å². The molecular formula is C31H23Cl2N3O5. The summed E-state index contributed by atoms with van der Waals surface area (Å²) in [6.45, 7) is 0.196. The highest BCUT2D eigenvalue weighted by atomic mass is 35.5. The first-order valence-corrected chi connectivity index (χ1v) is 13.8. The number of amides is 1. The number of halogens is 2. The maximum absolute atomic E-state index is 13.1. The maximum Gasteiger partial charge on any atom is 0.337 e. The lowest BCUT2D eigenvalue weighted by Crippen LogP contribution is -2.31.